The summed E-state index contributed by atoms with van der Waals surface area (Å²) in [6.45, 7) is 6.37. The monoisotopic (exact) mass is 538 g/mol. The lowest BCUT2D eigenvalue weighted by atomic mass is 10.2. The molecule has 2 aromatic carbocycles. The highest BCUT2D eigenvalue weighted by Gasteiger charge is 2.24. The third-order valence-electron chi connectivity index (χ3n) is 6.48. The molecule has 202 valence electrons. The van der Waals surface area contributed by atoms with E-state index in [2.05, 4.69) is 10.2 Å². The van der Waals surface area contributed by atoms with Crippen LogP contribution in [0.2, 0.25) is 0 Å². The smallest absolute Gasteiger partial charge is 0.322 e. The van der Waals surface area contributed by atoms with Crippen LogP contribution in [-0.2, 0) is 17.9 Å². The summed E-state index contributed by atoms with van der Waals surface area (Å²) < 4.78 is 18.9. The zero-order valence-corrected chi connectivity index (χ0v) is 22.6. The van der Waals surface area contributed by atoms with Crippen molar-refractivity contribution in [2.75, 3.05) is 44.6 Å². The highest BCUT2D eigenvalue weighted by Crippen LogP contribution is 2.18. The number of nitrogens with zero attached hydrogens (tertiary/aromatic N) is 3. The van der Waals surface area contributed by atoms with Crippen LogP contribution in [0.3, 0.4) is 0 Å². The van der Waals surface area contributed by atoms with Crippen molar-refractivity contribution in [3.63, 3.8) is 0 Å². The normalized spacial score (nSPS) is 13.3. The molecular formula is C29H35FN4O3S. The van der Waals surface area contributed by atoms with Gasteiger partial charge in [0.2, 0.25) is 5.91 Å². The van der Waals surface area contributed by atoms with Crippen molar-refractivity contribution >= 4 is 29.0 Å². The van der Waals surface area contributed by atoms with Crippen molar-refractivity contribution in [1.82, 2.24) is 14.7 Å². The molecule has 1 aliphatic rings. The van der Waals surface area contributed by atoms with E-state index in [0.29, 0.717) is 38.5 Å². The van der Waals surface area contributed by atoms with Gasteiger partial charge in [0.15, 0.2) is 0 Å². The Morgan fingerprint density at radius 1 is 1.00 bits per heavy atom. The van der Waals surface area contributed by atoms with Crippen molar-refractivity contribution in [2.45, 2.75) is 32.9 Å². The minimum Gasteiger partial charge on any atom is -0.494 e. The number of halogens is 1. The van der Waals surface area contributed by atoms with Crippen LogP contribution in [0, 0.1) is 5.82 Å². The molecular weight excluding hydrogens is 503 g/mol. The lowest BCUT2D eigenvalue weighted by Gasteiger charge is -2.29. The second-order valence-electron chi connectivity index (χ2n) is 9.31. The molecule has 1 N–H and O–H groups in total. The predicted octanol–water partition coefficient (Wildman–Crippen LogP) is 5.44. The van der Waals surface area contributed by atoms with E-state index in [1.807, 2.05) is 36.6 Å². The van der Waals surface area contributed by atoms with Crippen molar-refractivity contribution in [2.24, 2.45) is 0 Å². The highest BCUT2D eigenvalue weighted by atomic mass is 32.1. The second-order valence-corrected chi connectivity index (χ2v) is 10.3. The molecule has 0 unspecified atom stereocenters. The number of amides is 3. The largest absolute Gasteiger partial charge is 0.494 e. The first-order valence-electron chi connectivity index (χ1n) is 13.1. The number of carbonyl (C=O) groups is 2. The van der Waals surface area contributed by atoms with Crippen LogP contribution in [0.1, 0.15) is 30.2 Å². The van der Waals surface area contributed by atoms with E-state index in [4.69, 9.17) is 4.74 Å². The van der Waals surface area contributed by atoms with Crippen LogP contribution in [0.25, 0.3) is 0 Å². The molecule has 0 radical (unpaired) electrons. The third kappa shape index (κ3) is 8.29. The molecule has 1 aliphatic heterocycles. The third-order valence-corrected chi connectivity index (χ3v) is 7.34. The Balaban J connectivity index is 1.47. The maximum atomic E-state index is 13.6. The molecule has 1 saturated heterocycles. The molecule has 0 saturated carbocycles. The van der Waals surface area contributed by atoms with E-state index in [0.717, 1.165) is 42.1 Å². The number of hydrogen-bond donors (Lipinski definition) is 1. The van der Waals surface area contributed by atoms with Crippen LogP contribution >= 0.6 is 11.3 Å². The van der Waals surface area contributed by atoms with Crippen LogP contribution in [0.5, 0.6) is 5.75 Å². The maximum absolute atomic E-state index is 13.6. The van der Waals surface area contributed by atoms with Gasteiger partial charge in [-0.05, 0) is 86.3 Å². The molecule has 7 nitrogen and oxygen atoms in total. The van der Waals surface area contributed by atoms with E-state index >= 15 is 0 Å². The summed E-state index contributed by atoms with van der Waals surface area (Å²) in [6, 6.07) is 17.0. The lowest BCUT2D eigenvalue weighted by Crippen LogP contribution is -2.46. The second kappa shape index (κ2) is 13.9. The fourth-order valence-electron chi connectivity index (χ4n) is 4.42. The van der Waals surface area contributed by atoms with Gasteiger partial charge in [0.1, 0.15) is 18.1 Å². The van der Waals surface area contributed by atoms with E-state index in [9.17, 15) is 14.0 Å². The summed E-state index contributed by atoms with van der Waals surface area (Å²) in [4.78, 5) is 33.7. The van der Waals surface area contributed by atoms with Gasteiger partial charge >= 0.3 is 6.03 Å². The fraction of sp³-hybridized carbons (Fsp3) is 0.379. The standard InChI is InChI=1S/C29H35FN4O3S/c1-2-37-26-13-11-25(12-14-26)31-29(36)33(18-17-32-15-3-4-16-32)22-28(35)34(21-27-6-5-19-38-27)20-23-7-9-24(30)10-8-23/h5-14,19H,2-4,15-18,20-22H2,1H3,(H,31,36). The number of benzene rings is 2. The molecule has 1 aromatic heterocycles. The van der Waals surface area contributed by atoms with Crippen molar-refractivity contribution in [1.29, 1.82) is 0 Å². The van der Waals surface area contributed by atoms with E-state index in [-0.39, 0.29) is 24.3 Å². The topological polar surface area (TPSA) is 65.1 Å². The zero-order chi connectivity index (χ0) is 26.7. The lowest BCUT2D eigenvalue weighted by molar-refractivity contribution is -0.133. The summed E-state index contributed by atoms with van der Waals surface area (Å²) in [6.07, 6.45) is 2.31. The van der Waals surface area contributed by atoms with Crippen LogP contribution in [0.4, 0.5) is 14.9 Å². The molecule has 3 aromatic rings. The van der Waals surface area contributed by atoms with Gasteiger partial charge < -0.3 is 24.8 Å². The summed E-state index contributed by atoms with van der Waals surface area (Å²) in [5.41, 5.74) is 1.47. The Kier molecular flexibility index (Phi) is 10.1. The summed E-state index contributed by atoms with van der Waals surface area (Å²) >= 11 is 1.58. The Morgan fingerprint density at radius 3 is 2.39 bits per heavy atom. The Hall–Kier alpha value is -3.43. The van der Waals surface area contributed by atoms with Gasteiger partial charge in [0.25, 0.3) is 0 Å². The van der Waals surface area contributed by atoms with Gasteiger partial charge in [-0.3, -0.25) is 4.79 Å². The van der Waals surface area contributed by atoms with Crippen molar-refractivity contribution in [3.8, 4) is 5.75 Å². The number of nitrogens with one attached hydrogen (secondary N) is 1. The molecule has 1 fully saturated rings. The Bertz CT molecular complexity index is 1150. The first-order chi connectivity index (χ1) is 18.5. The van der Waals surface area contributed by atoms with E-state index in [1.54, 1.807) is 45.4 Å². The number of hydrogen-bond acceptors (Lipinski definition) is 5. The Labute approximate surface area is 227 Å². The quantitative estimate of drug-likeness (QED) is 0.333. The summed E-state index contributed by atoms with van der Waals surface area (Å²) in [5.74, 6) is 0.256. The molecule has 2 heterocycles. The summed E-state index contributed by atoms with van der Waals surface area (Å²) in [7, 11) is 0. The molecule has 0 atom stereocenters. The van der Waals surface area contributed by atoms with Gasteiger partial charge in [0.05, 0.1) is 13.2 Å². The number of thiophene rings is 1. The van der Waals surface area contributed by atoms with Crippen molar-refractivity contribution < 1.29 is 18.7 Å². The number of carbonyl (C=O) groups excluding carboxylic acids is 2. The number of ether oxygens (including phenoxy) is 1. The maximum Gasteiger partial charge on any atom is 0.322 e. The van der Waals surface area contributed by atoms with Gasteiger partial charge in [-0.2, -0.15) is 0 Å². The average molecular weight is 539 g/mol. The molecule has 0 spiro atoms. The van der Waals surface area contributed by atoms with Gasteiger partial charge in [-0.15, -0.1) is 11.3 Å². The minimum atomic E-state index is -0.320. The molecule has 9 heteroatoms. The first-order valence-corrected chi connectivity index (χ1v) is 13.9. The van der Waals surface area contributed by atoms with Gasteiger partial charge in [-0.25, -0.2) is 9.18 Å². The molecule has 38 heavy (non-hydrogen) atoms. The van der Waals surface area contributed by atoms with Crippen LogP contribution in [-0.4, -0.2) is 66.0 Å². The average Bonchev–Trinajstić information content (AvgIpc) is 3.63. The predicted molar refractivity (Wildman–Crippen MR) is 149 cm³/mol. The minimum absolute atomic E-state index is 0.0523. The van der Waals surface area contributed by atoms with Gasteiger partial charge in [-0.1, -0.05) is 18.2 Å². The van der Waals surface area contributed by atoms with Crippen LogP contribution < -0.4 is 10.1 Å². The fourth-order valence-corrected chi connectivity index (χ4v) is 5.14. The SMILES string of the molecule is CCOc1ccc(NC(=O)N(CCN2CCCC2)CC(=O)N(Cc2ccc(F)cc2)Cc2cccs2)cc1. The molecule has 0 bridgehead atoms. The number of rotatable bonds is 12. The number of urea groups is 1. The highest BCUT2D eigenvalue weighted by molar-refractivity contribution is 7.09. The molecule has 4 rings (SSSR count). The zero-order valence-electron chi connectivity index (χ0n) is 21.8. The summed E-state index contributed by atoms with van der Waals surface area (Å²) in [5, 5.41) is 4.91. The van der Waals surface area contributed by atoms with Crippen molar-refractivity contribution in [3.05, 3.63) is 82.3 Å². The first kappa shape index (κ1) is 27.6. The van der Waals surface area contributed by atoms with E-state index < -0.39 is 0 Å². The molecule has 0 aliphatic carbocycles. The van der Waals surface area contributed by atoms with E-state index in [1.165, 1.54) is 12.1 Å². The number of likely N-dealkylation sites (tertiary alicyclic amines) is 1. The molecule has 3 amide bonds. The Morgan fingerprint density at radius 2 is 1.74 bits per heavy atom. The van der Waals surface area contributed by atoms with Crippen LogP contribution in [0.15, 0.2) is 66.0 Å². The number of anilines is 1. The van der Waals surface area contributed by atoms with Gasteiger partial charge in [0, 0.05) is 30.2 Å².